The van der Waals surface area contributed by atoms with E-state index < -0.39 is 0 Å². The van der Waals surface area contributed by atoms with Crippen LogP contribution in [0.25, 0.3) is 0 Å². The number of azo groups is 1. The Bertz CT molecular complexity index is 818. The number of hydrogen-bond donors (Lipinski definition) is 1. The lowest BCUT2D eigenvalue weighted by molar-refractivity contribution is 0.302. The summed E-state index contributed by atoms with van der Waals surface area (Å²) in [7, 11) is 0. The molecule has 2 aromatic carbocycles. The molecule has 0 aromatic heterocycles. The third kappa shape index (κ3) is 10.1. The lowest BCUT2D eigenvalue weighted by Gasteiger charge is -2.22. The predicted octanol–water partition coefficient (Wildman–Crippen LogP) is 8.69. The zero-order chi connectivity index (χ0) is 23.7. The van der Waals surface area contributed by atoms with Gasteiger partial charge >= 0.3 is 0 Å². The van der Waals surface area contributed by atoms with Gasteiger partial charge in [0.25, 0.3) is 0 Å². The van der Waals surface area contributed by atoms with Crippen molar-refractivity contribution in [2.45, 2.75) is 91.4 Å². The smallest absolute Gasteiger partial charge is 0.0889 e. The number of aliphatic hydroxyl groups excluding tert-OH is 1. The molecule has 0 aliphatic carbocycles. The monoisotopic (exact) mass is 451 g/mol. The molecule has 0 saturated heterocycles. The van der Waals surface area contributed by atoms with Crippen molar-refractivity contribution in [1.29, 1.82) is 0 Å². The van der Waals surface area contributed by atoms with Crippen molar-refractivity contribution in [2.75, 3.05) is 24.6 Å². The highest BCUT2D eigenvalue weighted by Crippen LogP contribution is 2.28. The lowest BCUT2D eigenvalue weighted by Crippen LogP contribution is -2.26. The highest BCUT2D eigenvalue weighted by Gasteiger charge is 2.07. The molecule has 0 bridgehead atoms. The molecule has 4 nitrogen and oxygen atoms in total. The number of likely N-dealkylation sites (N-methyl/N-ethyl adjacent to an activating group) is 1. The van der Waals surface area contributed by atoms with Crippen molar-refractivity contribution in [3.63, 3.8) is 0 Å². The molecule has 182 valence electrons. The second-order valence-corrected chi connectivity index (χ2v) is 9.03. The van der Waals surface area contributed by atoms with Crippen LogP contribution < -0.4 is 4.90 Å². The van der Waals surface area contributed by atoms with Gasteiger partial charge < -0.3 is 10.0 Å². The number of hydrogen-bond acceptors (Lipinski definition) is 4. The topological polar surface area (TPSA) is 48.2 Å². The standard InChI is InChI=1S/C29H45N3O/c1-4-6-7-8-9-10-11-12-13-14-17-26-18-15-16-19-29(26)31-30-28-21-20-27(24-25(28)3)32(5-2)22-23-33/h15-16,18-21,24,33H,4-14,17,22-23H2,1-3H3. The van der Waals surface area contributed by atoms with E-state index in [1.807, 2.05) is 12.1 Å². The van der Waals surface area contributed by atoms with Crippen LogP contribution in [0.1, 0.15) is 89.2 Å². The number of benzene rings is 2. The van der Waals surface area contributed by atoms with Gasteiger partial charge in [-0.15, -0.1) is 0 Å². The second-order valence-electron chi connectivity index (χ2n) is 9.03. The van der Waals surface area contributed by atoms with E-state index in [-0.39, 0.29) is 6.61 Å². The van der Waals surface area contributed by atoms with Gasteiger partial charge in [0, 0.05) is 18.8 Å². The van der Waals surface area contributed by atoms with Gasteiger partial charge in [-0.3, -0.25) is 0 Å². The molecule has 0 unspecified atom stereocenters. The predicted molar refractivity (Wildman–Crippen MR) is 142 cm³/mol. The van der Waals surface area contributed by atoms with Crippen LogP contribution in [0, 0.1) is 6.92 Å². The number of anilines is 1. The Morgan fingerprint density at radius 2 is 1.39 bits per heavy atom. The summed E-state index contributed by atoms with van der Waals surface area (Å²) >= 11 is 0. The first-order chi connectivity index (χ1) is 16.2. The fraction of sp³-hybridized carbons (Fsp3) is 0.586. The number of rotatable bonds is 17. The van der Waals surface area contributed by atoms with Crippen molar-refractivity contribution in [1.82, 2.24) is 0 Å². The average Bonchev–Trinajstić information content (AvgIpc) is 2.83. The molecule has 2 aromatic rings. The Hall–Kier alpha value is -2.20. The summed E-state index contributed by atoms with van der Waals surface area (Å²) in [5, 5.41) is 18.4. The molecular formula is C29H45N3O. The number of unbranched alkanes of at least 4 members (excludes halogenated alkanes) is 9. The summed E-state index contributed by atoms with van der Waals surface area (Å²) in [6.07, 6.45) is 14.6. The molecule has 0 fully saturated rings. The van der Waals surface area contributed by atoms with Gasteiger partial charge in [-0.1, -0.05) is 82.9 Å². The van der Waals surface area contributed by atoms with Crippen LogP contribution in [0.15, 0.2) is 52.7 Å². The van der Waals surface area contributed by atoms with Crippen molar-refractivity contribution in [3.8, 4) is 0 Å². The van der Waals surface area contributed by atoms with Gasteiger partial charge in [0.1, 0.15) is 0 Å². The van der Waals surface area contributed by atoms with E-state index in [4.69, 9.17) is 0 Å². The quantitative estimate of drug-likeness (QED) is 0.193. The van der Waals surface area contributed by atoms with Gasteiger partial charge in [-0.25, -0.2) is 0 Å². The van der Waals surface area contributed by atoms with Crippen LogP contribution in [-0.2, 0) is 6.42 Å². The summed E-state index contributed by atoms with van der Waals surface area (Å²) in [5.41, 5.74) is 5.37. The Morgan fingerprint density at radius 3 is 2.03 bits per heavy atom. The Balaban J connectivity index is 1.84. The van der Waals surface area contributed by atoms with Crippen molar-refractivity contribution in [3.05, 3.63) is 53.6 Å². The minimum absolute atomic E-state index is 0.157. The van der Waals surface area contributed by atoms with E-state index in [1.54, 1.807) is 0 Å². The fourth-order valence-electron chi connectivity index (χ4n) is 4.27. The molecule has 0 amide bonds. The van der Waals surface area contributed by atoms with E-state index in [1.165, 1.54) is 69.8 Å². The van der Waals surface area contributed by atoms with Crippen LogP contribution in [0.3, 0.4) is 0 Å². The van der Waals surface area contributed by atoms with Gasteiger partial charge in [0.15, 0.2) is 0 Å². The van der Waals surface area contributed by atoms with E-state index in [0.717, 1.165) is 35.6 Å². The number of aliphatic hydroxyl groups is 1. The van der Waals surface area contributed by atoms with Crippen molar-refractivity contribution < 1.29 is 5.11 Å². The molecule has 0 spiro atoms. The van der Waals surface area contributed by atoms with E-state index in [2.05, 4.69) is 66.2 Å². The van der Waals surface area contributed by atoms with Crippen LogP contribution in [0.4, 0.5) is 17.1 Å². The molecule has 33 heavy (non-hydrogen) atoms. The summed E-state index contributed by atoms with van der Waals surface area (Å²) in [4.78, 5) is 2.16. The highest BCUT2D eigenvalue weighted by molar-refractivity contribution is 5.58. The molecule has 1 N–H and O–H groups in total. The SMILES string of the molecule is CCCCCCCCCCCCc1ccccc1N=Nc1ccc(N(CC)CCO)cc1C. The molecule has 2 rings (SSSR count). The average molecular weight is 452 g/mol. The minimum atomic E-state index is 0.157. The summed E-state index contributed by atoms with van der Waals surface area (Å²) < 4.78 is 0. The maximum absolute atomic E-state index is 9.27. The molecular weight excluding hydrogens is 406 g/mol. The largest absolute Gasteiger partial charge is 0.395 e. The zero-order valence-electron chi connectivity index (χ0n) is 21.2. The molecule has 0 radical (unpaired) electrons. The third-order valence-corrected chi connectivity index (χ3v) is 6.35. The van der Waals surface area contributed by atoms with Crippen molar-refractivity contribution >= 4 is 17.1 Å². The van der Waals surface area contributed by atoms with Crippen LogP contribution >= 0.6 is 0 Å². The van der Waals surface area contributed by atoms with Crippen LogP contribution in [-0.4, -0.2) is 24.8 Å². The van der Waals surface area contributed by atoms with Gasteiger partial charge in [0.2, 0.25) is 0 Å². The molecule has 0 heterocycles. The maximum Gasteiger partial charge on any atom is 0.0889 e. The first-order valence-corrected chi connectivity index (χ1v) is 13.2. The zero-order valence-corrected chi connectivity index (χ0v) is 21.2. The second kappa shape index (κ2) is 16.4. The summed E-state index contributed by atoms with van der Waals surface area (Å²) in [5.74, 6) is 0. The van der Waals surface area contributed by atoms with Crippen molar-refractivity contribution in [2.24, 2.45) is 10.2 Å². The number of aryl methyl sites for hydroxylation is 2. The summed E-state index contributed by atoms with van der Waals surface area (Å²) in [6, 6.07) is 14.6. The van der Waals surface area contributed by atoms with E-state index in [9.17, 15) is 5.11 Å². The normalized spacial score (nSPS) is 11.4. The molecule has 0 aliphatic rings. The molecule has 0 atom stereocenters. The Labute approximate surface area is 202 Å². The maximum atomic E-state index is 9.27. The number of nitrogens with zero attached hydrogens (tertiary/aromatic N) is 3. The first-order valence-electron chi connectivity index (χ1n) is 13.2. The Morgan fingerprint density at radius 1 is 0.758 bits per heavy atom. The molecule has 0 aliphatic heterocycles. The van der Waals surface area contributed by atoms with Gasteiger partial charge in [-0.05, 0) is 62.1 Å². The van der Waals surface area contributed by atoms with E-state index >= 15 is 0 Å². The molecule has 0 saturated carbocycles. The minimum Gasteiger partial charge on any atom is -0.395 e. The van der Waals surface area contributed by atoms with Crippen LogP contribution in [0.5, 0.6) is 0 Å². The van der Waals surface area contributed by atoms with Crippen LogP contribution in [0.2, 0.25) is 0 Å². The summed E-state index contributed by atoms with van der Waals surface area (Å²) in [6.45, 7) is 8.12. The fourth-order valence-corrected chi connectivity index (χ4v) is 4.27. The lowest BCUT2D eigenvalue weighted by atomic mass is 10.0. The third-order valence-electron chi connectivity index (χ3n) is 6.35. The van der Waals surface area contributed by atoms with E-state index in [0.29, 0.717) is 6.54 Å². The highest BCUT2D eigenvalue weighted by atomic mass is 16.3. The Kier molecular flexibility index (Phi) is 13.5. The first kappa shape index (κ1) is 27.0. The van der Waals surface area contributed by atoms with Gasteiger partial charge in [0.05, 0.1) is 18.0 Å². The molecule has 4 heteroatoms. The van der Waals surface area contributed by atoms with Gasteiger partial charge in [-0.2, -0.15) is 10.2 Å².